The van der Waals surface area contributed by atoms with Crippen LogP contribution in [-0.2, 0) is 14.8 Å². The highest BCUT2D eigenvalue weighted by molar-refractivity contribution is 7.92. The summed E-state index contributed by atoms with van der Waals surface area (Å²) in [5.74, 6) is 0.594. The van der Waals surface area contributed by atoms with Gasteiger partial charge in [-0.2, -0.15) is 0 Å². The van der Waals surface area contributed by atoms with Crippen LogP contribution < -0.4 is 14.4 Å². The minimum atomic E-state index is -3.79. The van der Waals surface area contributed by atoms with Gasteiger partial charge in [0.25, 0.3) is 0 Å². The standard InChI is InChI=1S/C21H26Cl2N2O4S/c1-14(2)17-7-5-6-8-20(17)29-12-11-24-21(26)15(3)25(30(4,27)28)19-13-16(22)9-10-18(19)23/h5-10,13-15H,11-12H2,1-4H3,(H,24,26)/t15-/m1/s1. The van der Waals surface area contributed by atoms with E-state index >= 15 is 0 Å². The zero-order valence-electron chi connectivity index (χ0n) is 17.4. The van der Waals surface area contributed by atoms with Crippen LogP contribution in [0.4, 0.5) is 5.69 Å². The van der Waals surface area contributed by atoms with Gasteiger partial charge in [0.05, 0.1) is 23.5 Å². The lowest BCUT2D eigenvalue weighted by Gasteiger charge is -2.29. The maximum Gasteiger partial charge on any atom is 0.243 e. The Morgan fingerprint density at radius 3 is 2.43 bits per heavy atom. The van der Waals surface area contributed by atoms with Crippen molar-refractivity contribution in [2.45, 2.75) is 32.7 Å². The summed E-state index contributed by atoms with van der Waals surface area (Å²) in [7, 11) is -3.79. The number of nitrogens with zero attached hydrogens (tertiary/aromatic N) is 1. The molecule has 0 bridgehead atoms. The normalized spacial score (nSPS) is 12.5. The molecule has 0 aliphatic heterocycles. The predicted molar refractivity (Wildman–Crippen MR) is 122 cm³/mol. The van der Waals surface area contributed by atoms with E-state index in [0.29, 0.717) is 10.9 Å². The van der Waals surface area contributed by atoms with Crippen molar-refractivity contribution >= 4 is 44.8 Å². The zero-order valence-corrected chi connectivity index (χ0v) is 19.7. The second kappa shape index (κ2) is 10.4. The quantitative estimate of drug-likeness (QED) is 0.546. The lowest BCUT2D eigenvalue weighted by molar-refractivity contribution is -0.121. The number of hydrogen-bond donors (Lipinski definition) is 1. The van der Waals surface area contributed by atoms with Crippen LogP contribution in [0.3, 0.4) is 0 Å². The van der Waals surface area contributed by atoms with Gasteiger partial charge in [-0.3, -0.25) is 9.10 Å². The highest BCUT2D eigenvalue weighted by Gasteiger charge is 2.30. The lowest BCUT2D eigenvalue weighted by Crippen LogP contribution is -2.48. The molecule has 0 aliphatic carbocycles. The highest BCUT2D eigenvalue weighted by Crippen LogP contribution is 2.32. The average Bonchev–Trinajstić information content (AvgIpc) is 2.67. The summed E-state index contributed by atoms with van der Waals surface area (Å²) in [6.45, 7) is 6.11. The Morgan fingerprint density at radius 1 is 1.13 bits per heavy atom. The van der Waals surface area contributed by atoms with Gasteiger partial charge in [0.1, 0.15) is 18.4 Å². The van der Waals surface area contributed by atoms with Crippen LogP contribution >= 0.6 is 23.2 Å². The molecule has 164 valence electrons. The van der Waals surface area contributed by atoms with Gasteiger partial charge >= 0.3 is 0 Å². The van der Waals surface area contributed by atoms with Crippen LogP contribution in [0.15, 0.2) is 42.5 Å². The number of hydrogen-bond acceptors (Lipinski definition) is 4. The van der Waals surface area contributed by atoms with Crippen molar-refractivity contribution < 1.29 is 17.9 Å². The maximum atomic E-state index is 12.6. The van der Waals surface area contributed by atoms with Gasteiger partial charge in [-0.05, 0) is 42.7 Å². The highest BCUT2D eigenvalue weighted by atomic mass is 35.5. The van der Waals surface area contributed by atoms with E-state index in [9.17, 15) is 13.2 Å². The van der Waals surface area contributed by atoms with E-state index in [1.54, 1.807) is 6.07 Å². The van der Waals surface area contributed by atoms with Crippen LogP contribution in [0.5, 0.6) is 5.75 Å². The van der Waals surface area contributed by atoms with Gasteiger partial charge in [0.15, 0.2) is 0 Å². The summed E-state index contributed by atoms with van der Waals surface area (Å²) >= 11 is 12.2. The number of halogens is 2. The molecule has 2 aromatic rings. The van der Waals surface area contributed by atoms with Gasteiger partial charge in [-0.25, -0.2) is 8.42 Å². The second-order valence-electron chi connectivity index (χ2n) is 7.16. The maximum absolute atomic E-state index is 12.6. The van der Waals surface area contributed by atoms with Crippen molar-refractivity contribution in [2.75, 3.05) is 23.7 Å². The summed E-state index contributed by atoms with van der Waals surface area (Å²) in [6.07, 6.45) is 1.01. The van der Waals surface area contributed by atoms with Gasteiger partial charge in [0, 0.05) is 5.02 Å². The van der Waals surface area contributed by atoms with Crippen molar-refractivity contribution in [2.24, 2.45) is 0 Å². The summed E-state index contributed by atoms with van der Waals surface area (Å²) < 4.78 is 31.5. The van der Waals surface area contributed by atoms with E-state index in [2.05, 4.69) is 19.2 Å². The fourth-order valence-corrected chi connectivity index (χ4v) is 4.61. The third-order valence-electron chi connectivity index (χ3n) is 4.43. The van der Waals surface area contributed by atoms with Crippen molar-refractivity contribution in [3.8, 4) is 5.75 Å². The van der Waals surface area contributed by atoms with E-state index in [0.717, 1.165) is 21.9 Å². The molecule has 0 fully saturated rings. The third-order valence-corrected chi connectivity index (χ3v) is 6.22. The SMILES string of the molecule is CC(C)c1ccccc1OCCNC(=O)[C@@H](C)N(c1cc(Cl)ccc1Cl)S(C)(=O)=O. The summed E-state index contributed by atoms with van der Waals surface area (Å²) in [5.41, 5.74) is 1.23. The summed E-state index contributed by atoms with van der Waals surface area (Å²) in [6, 6.07) is 11.1. The Balaban J connectivity index is 2.05. The molecule has 0 saturated heterocycles. The molecule has 1 amide bonds. The first-order chi connectivity index (χ1) is 14.0. The molecule has 2 aromatic carbocycles. The Hall–Kier alpha value is -1.96. The van der Waals surface area contributed by atoms with E-state index < -0.39 is 22.0 Å². The fourth-order valence-electron chi connectivity index (χ4n) is 3.01. The molecule has 1 atom stereocenters. The molecule has 1 N–H and O–H groups in total. The zero-order chi connectivity index (χ0) is 22.5. The Kier molecular flexibility index (Phi) is 8.41. The first-order valence-corrected chi connectivity index (χ1v) is 12.1. The van der Waals surface area contributed by atoms with Crippen molar-refractivity contribution in [1.82, 2.24) is 5.32 Å². The molecule has 0 heterocycles. The topological polar surface area (TPSA) is 75.7 Å². The van der Waals surface area contributed by atoms with E-state index in [1.807, 2.05) is 24.3 Å². The molecule has 0 aliphatic rings. The van der Waals surface area contributed by atoms with E-state index in [4.69, 9.17) is 27.9 Å². The number of carbonyl (C=O) groups excluding carboxylic acids is 1. The molecule has 30 heavy (non-hydrogen) atoms. The van der Waals surface area contributed by atoms with Crippen LogP contribution in [0.25, 0.3) is 0 Å². The summed E-state index contributed by atoms with van der Waals surface area (Å²) in [5, 5.41) is 3.20. The first-order valence-electron chi connectivity index (χ1n) is 9.46. The molecular formula is C21H26Cl2N2O4S. The number of ether oxygens (including phenoxy) is 1. The number of carbonyl (C=O) groups is 1. The Bertz CT molecular complexity index is 996. The smallest absolute Gasteiger partial charge is 0.243 e. The number of rotatable bonds is 9. The molecule has 6 nitrogen and oxygen atoms in total. The van der Waals surface area contributed by atoms with E-state index in [-0.39, 0.29) is 23.9 Å². The van der Waals surface area contributed by atoms with Crippen molar-refractivity contribution in [1.29, 1.82) is 0 Å². The van der Waals surface area contributed by atoms with Crippen LogP contribution in [0.2, 0.25) is 10.0 Å². The van der Waals surface area contributed by atoms with Gasteiger partial charge in [-0.15, -0.1) is 0 Å². The summed E-state index contributed by atoms with van der Waals surface area (Å²) in [4.78, 5) is 12.6. The van der Waals surface area contributed by atoms with Crippen LogP contribution in [0.1, 0.15) is 32.3 Å². The molecular weight excluding hydrogens is 447 g/mol. The molecule has 9 heteroatoms. The second-order valence-corrected chi connectivity index (χ2v) is 9.87. The van der Waals surface area contributed by atoms with Crippen molar-refractivity contribution in [3.05, 3.63) is 58.1 Å². The number of sulfonamides is 1. The number of anilines is 1. The van der Waals surface area contributed by atoms with Gasteiger partial charge in [0.2, 0.25) is 15.9 Å². The van der Waals surface area contributed by atoms with Gasteiger partial charge in [-0.1, -0.05) is 55.2 Å². The molecule has 0 saturated carbocycles. The Labute approximate surface area is 188 Å². The van der Waals surface area contributed by atoms with Gasteiger partial charge < -0.3 is 10.1 Å². The monoisotopic (exact) mass is 472 g/mol. The molecule has 2 rings (SSSR count). The lowest BCUT2D eigenvalue weighted by atomic mass is 10.0. The number of nitrogens with one attached hydrogen (secondary N) is 1. The molecule has 0 radical (unpaired) electrons. The predicted octanol–water partition coefficient (Wildman–Crippen LogP) is 4.47. The minimum absolute atomic E-state index is 0.149. The molecule has 0 aromatic heterocycles. The number of amides is 1. The molecule has 0 unspecified atom stereocenters. The molecule has 0 spiro atoms. The average molecular weight is 473 g/mol. The van der Waals surface area contributed by atoms with E-state index in [1.165, 1.54) is 19.1 Å². The van der Waals surface area contributed by atoms with Crippen LogP contribution in [-0.4, -0.2) is 39.8 Å². The third kappa shape index (κ3) is 6.27. The first kappa shape index (κ1) is 24.3. The largest absolute Gasteiger partial charge is 0.491 e. The minimum Gasteiger partial charge on any atom is -0.491 e. The number of benzene rings is 2. The fraction of sp³-hybridized carbons (Fsp3) is 0.381. The van der Waals surface area contributed by atoms with Crippen LogP contribution in [0, 0.1) is 0 Å². The number of para-hydroxylation sites is 1. The van der Waals surface area contributed by atoms with Crippen molar-refractivity contribution in [3.63, 3.8) is 0 Å². The Morgan fingerprint density at radius 2 is 1.80 bits per heavy atom.